The van der Waals surface area contributed by atoms with E-state index in [9.17, 15) is 9.59 Å². The fraction of sp³-hybridized carbons (Fsp3) is 0.579. The first kappa shape index (κ1) is 19.1. The molecule has 2 rings (SSSR count). The zero-order chi connectivity index (χ0) is 18.2. The molecule has 1 aromatic carbocycles. The van der Waals surface area contributed by atoms with E-state index >= 15 is 0 Å². The summed E-state index contributed by atoms with van der Waals surface area (Å²) in [6, 6.07) is 7.12. The maximum atomic E-state index is 12.2. The number of likely N-dealkylation sites (tertiary alicyclic amines) is 1. The van der Waals surface area contributed by atoms with E-state index in [0.717, 1.165) is 19.5 Å². The molecule has 0 aliphatic carbocycles. The highest BCUT2D eigenvalue weighted by Crippen LogP contribution is 2.26. The highest BCUT2D eigenvalue weighted by Gasteiger charge is 2.25. The Morgan fingerprint density at radius 3 is 2.24 bits per heavy atom. The number of para-hydroxylation sites is 2. The van der Waals surface area contributed by atoms with Crippen LogP contribution in [-0.4, -0.2) is 49.7 Å². The van der Waals surface area contributed by atoms with Crippen LogP contribution in [0.25, 0.3) is 0 Å². The number of nitrogens with zero attached hydrogens (tertiary/aromatic N) is 1. The van der Waals surface area contributed by atoms with Crippen molar-refractivity contribution in [2.45, 2.75) is 27.2 Å². The molecule has 138 valence electrons. The Bertz CT molecular complexity index is 579. The molecule has 1 saturated heterocycles. The summed E-state index contributed by atoms with van der Waals surface area (Å²) in [5, 5.41) is 0. The summed E-state index contributed by atoms with van der Waals surface area (Å²) >= 11 is 0. The van der Waals surface area contributed by atoms with Crippen LogP contribution in [0.15, 0.2) is 24.3 Å². The number of carbonyl (C=O) groups is 2. The minimum atomic E-state index is -0.572. The average molecular weight is 349 g/mol. The molecule has 0 aromatic heterocycles. The van der Waals surface area contributed by atoms with Gasteiger partial charge in [0.05, 0.1) is 6.61 Å². The lowest BCUT2D eigenvalue weighted by Gasteiger charge is -2.34. The van der Waals surface area contributed by atoms with E-state index in [1.54, 1.807) is 23.1 Å². The monoisotopic (exact) mass is 349 g/mol. The molecule has 6 heteroatoms. The van der Waals surface area contributed by atoms with Gasteiger partial charge in [0, 0.05) is 13.1 Å². The first-order chi connectivity index (χ1) is 12.0. The standard InChI is InChI=1S/C19H27NO5/c1-4-23-16-7-5-6-8-17(16)24-13-19(22)25-12-18(21)20-10-14(2)9-15(3)11-20/h5-8,14-15H,4,9-13H2,1-3H3/t14-,15-/m1/s1. The lowest BCUT2D eigenvalue weighted by molar-refractivity contribution is -0.154. The predicted octanol–water partition coefficient (Wildman–Crippen LogP) is 2.51. The molecule has 0 unspecified atom stereocenters. The number of rotatable bonds is 7. The molecule has 0 N–H and O–H groups in total. The fourth-order valence-corrected chi connectivity index (χ4v) is 3.12. The van der Waals surface area contributed by atoms with E-state index in [1.807, 2.05) is 13.0 Å². The average Bonchev–Trinajstić information content (AvgIpc) is 2.58. The van der Waals surface area contributed by atoms with Crippen LogP contribution in [0.2, 0.25) is 0 Å². The van der Waals surface area contributed by atoms with Crippen LogP contribution in [0.1, 0.15) is 27.2 Å². The molecule has 6 nitrogen and oxygen atoms in total. The molecular weight excluding hydrogens is 322 g/mol. The third kappa shape index (κ3) is 5.96. The normalized spacial score (nSPS) is 20.0. The molecule has 1 heterocycles. The van der Waals surface area contributed by atoms with Gasteiger partial charge in [-0.3, -0.25) is 4.79 Å². The summed E-state index contributed by atoms with van der Waals surface area (Å²) in [5.41, 5.74) is 0. The Balaban J connectivity index is 1.76. The fourth-order valence-electron chi connectivity index (χ4n) is 3.12. The van der Waals surface area contributed by atoms with Crippen molar-refractivity contribution in [3.05, 3.63) is 24.3 Å². The van der Waals surface area contributed by atoms with E-state index in [-0.39, 0.29) is 19.1 Å². The van der Waals surface area contributed by atoms with Gasteiger partial charge in [-0.1, -0.05) is 26.0 Å². The van der Waals surface area contributed by atoms with Crippen LogP contribution in [0.4, 0.5) is 0 Å². The second-order valence-corrected chi connectivity index (χ2v) is 6.57. The Kier molecular flexibility index (Phi) is 7.10. The zero-order valence-electron chi connectivity index (χ0n) is 15.2. The summed E-state index contributed by atoms with van der Waals surface area (Å²) in [7, 11) is 0. The number of carbonyl (C=O) groups excluding carboxylic acids is 2. The Morgan fingerprint density at radius 2 is 1.64 bits per heavy atom. The second kappa shape index (κ2) is 9.30. The van der Waals surface area contributed by atoms with E-state index < -0.39 is 5.97 Å². The molecule has 1 aliphatic heterocycles. The van der Waals surface area contributed by atoms with Crippen LogP contribution in [-0.2, 0) is 14.3 Å². The van der Waals surface area contributed by atoms with Gasteiger partial charge in [-0.2, -0.15) is 0 Å². The number of piperidine rings is 1. The molecule has 1 aliphatic rings. The second-order valence-electron chi connectivity index (χ2n) is 6.57. The molecular formula is C19H27NO5. The maximum absolute atomic E-state index is 12.2. The summed E-state index contributed by atoms with van der Waals surface area (Å²) in [6.45, 7) is 7.58. The van der Waals surface area contributed by atoms with Gasteiger partial charge >= 0.3 is 5.97 Å². The van der Waals surface area contributed by atoms with Gasteiger partial charge in [0.1, 0.15) is 0 Å². The molecule has 2 atom stereocenters. The van der Waals surface area contributed by atoms with Crippen LogP contribution in [0.5, 0.6) is 11.5 Å². The molecule has 0 bridgehead atoms. The summed E-state index contributed by atoms with van der Waals surface area (Å²) in [5.74, 6) is 1.28. The van der Waals surface area contributed by atoms with Gasteiger partial charge in [-0.25, -0.2) is 4.79 Å². The number of ether oxygens (including phenoxy) is 3. The van der Waals surface area contributed by atoms with Gasteiger partial charge in [-0.05, 0) is 37.3 Å². The Hall–Kier alpha value is -2.24. The van der Waals surface area contributed by atoms with E-state index in [2.05, 4.69) is 13.8 Å². The first-order valence-corrected chi connectivity index (χ1v) is 8.77. The van der Waals surface area contributed by atoms with Crippen molar-refractivity contribution in [1.29, 1.82) is 0 Å². The van der Waals surface area contributed by atoms with Gasteiger partial charge in [0.25, 0.3) is 5.91 Å². The largest absolute Gasteiger partial charge is 0.490 e. The highest BCUT2D eigenvalue weighted by atomic mass is 16.6. The SMILES string of the molecule is CCOc1ccccc1OCC(=O)OCC(=O)N1C[C@H](C)C[C@@H](C)C1. The summed E-state index contributed by atoms with van der Waals surface area (Å²) in [6.07, 6.45) is 1.12. The van der Waals surface area contributed by atoms with E-state index in [1.165, 1.54) is 0 Å². The molecule has 25 heavy (non-hydrogen) atoms. The van der Waals surface area contributed by atoms with Crippen LogP contribution < -0.4 is 9.47 Å². The number of hydrogen-bond acceptors (Lipinski definition) is 5. The van der Waals surface area contributed by atoms with Crippen LogP contribution >= 0.6 is 0 Å². The van der Waals surface area contributed by atoms with Gasteiger partial charge < -0.3 is 19.1 Å². The van der Waals surface area contributed by atoms with Gasteiger partial charge in [0.2, 0.25) is 0 Å². The minimum Gasteiger partial charge on any atom is -0.490 e. The predicted molar refractivity (Wildman–Crippen MR) is 93.6 cm³/mol. The van der Waals surface area contributed by atoms with E-state index in [0.29, 0.717) is 29.9 Å². The minimum absolute atomic E-state index is 0.151. The van der Waals surface area contributed by atoms with E-state index in [4.69, 9.17) is 14.2 Å². The number of amides is 1. The molecule has 0 saturated carbocycles. The van der Waals surface area contributed by atoms with Crippen molar-refractivity contribution in [2.24, 2.45) is 11.8 Å². The quantitative estimate of drug-likeness (QED) is 0.708. The molecule has 0 radical (unpaired) electrons. The van der Waals surface area contributed by atoms with Gasteiger partial charge in [0.15, 0.2) is 24.7 Å². The van der Waals surface area contributed by atoms with Crippen LogP contribution in [0, 0.1) is 11.8 Å². The van der Waals surface area contributed by atoms with Crippen molar-refractivity contribution >= 4 is 11.9 Å². The number of benzene rings is 1. The topological polar surface area (TPSA) is 65.1 Å². The van der Waals surface area contributed by atoms with Gasteiger partial charge in [-0.15, -0.1) is 0 Å². The van der Waals surface area contributed by atoms with Crippen molar-refractivity contribution in [2.75, 3.05) is 32.9 Å². The Morgan fingerprint density at radius 1 is 1.04 bits per heavy atom. The lowest BCUT2D eigenvalue weighted by atomic mass is 9.92. The zero-order valence-corrected chi connectivity index (χ0v) is 15.2. The summed E-state index contributed by atoms with van der Waals surface area (Å²) < 4.78 is 15.9. The molecule has 0 spiro atoms. The first-order valence-electron chi connectivity index (χ1n) is 8.77. The maximum Gasteiger partial charge on any atom is 0.344 e. The molecule has 1 aromatic rings. The Labute approximate surface area is 149 Å². The third-order valence-electron chi connectivity index (χ3n) is 4.07. The number of hydrogen-bond donors (Lipinski definition) is 0. The highest BCUT2D eigenvalue weighted by molar-refractivity contribution is 5.81. The molecule has 1 amide bonds. The lowest BCUT2D eigenvalue weighted by Crippen LogP contribution is -2.44. The van der Waals surface area contributed by atoms with Crippen molar-refractivity contribution in [1.82, 2.24) is 4.90 Å². The summed E-state index contributed by atoms with van der Waals surface area (Å²) in [4.78, 5) is 25.8. The number of esters is 1. The van der Waals surface area contributed by atoms with Crippen molar-refractivity contribution in [3.63, 3.8) is 0 Å². The third-order valence-corrected chi connectivity index (χ3v) is 4.07. The van der Waals surface area contributed by atoms with Crippen molar-refractivity contribution < 1.29 is 23.8 Å². The smallest absolute Gasteiger partial charge is 0.344 e. The van der Waals surface area contributed by atoms with Crippen LogP contribution in [0.3, 0.4) is 0 Å². The molecule has 1 fully saturated rings. The van der Waals surface area contributed by atoms with Crippen molar-refractivity contribution in [3.8, 4) is 11.5 Å².